The predicted molar refractivity (Wildman–Crippen MR) is 82.4 cm³/mol. The number of rotatable bonds is 5. The molecule has 2 atom stereocenters. The summed E-state index contributed by atoms with van der Waals surface area (Å²) < 4.78 is 5.99. The second-order valence-corrected chi connectivity index (χ2v) is 6.31. The van der Waals surface area contributed by atoms with Crippen molar-refractivity contribution in [2.45, 2.75) is 45.3 Å². The molecule has 2 aliphatic rings. The molecular formula is C17H26N2O. The van der Waals surface area contributed by atoms with Gasteiger partial charge in [-0.1, -0.05) is 17.7 Å². The number of likely N-dealkylation sites (tertiary alicyclic amines) is 1. The van der Waals surface area contributed by atoms with Crippen LogP contribution in [0.25, 0.3) is 0 Å². The van der Waals surface area contributed by atoms with Crippen LogP contribution >= 0.6 is 0 Å². The molecule has 3 rings (SSSR count). The minimum Gasteiger partial charge on any atom is -0.488 e. The molecule has 2 unspecified atom stereocenters. The van der Waals surface area contributed by atoms with Crippen molar-refractivity contribution in [3.63, 3.8) is 0 Å². The van der Waals surface area contributed by atoms with Gasteiger partial charge in [0.25, 0.3) is 0 Å². The van der Waals surface area contributed by atoms with E-state index in [9.17, 15) is 0 Å². The summed E-state index contributed by atoms with van der Waals surface area (Å²) in [5, 5.41) is 3.59. The largest absolute Gasteiger partial charge is 0.488 e. The van der Waals surface area contributed by atoms with E-state index in [0.717, 1.165) is 25.3 Å². The van der Waals surface area contributed by atoms with Gasteiger partial charge in [-0.25, -0.2) is 0 Å². The van der Waals surface area contributed by atoms with Gasteiger partial charge in [0.15, 0.2) is 0 Å². The third-order valence-electron chi connectivity index (χ3n) is 4.53. The normalized spacial score (nSPS) is 23.6. The highest BCUT2D eigenvalue weighted by Gasteiger charge is 2.23. The molecule has 1 aromatic carbocycles. The van der Waals surface area contributed by atoms with Gasteiger partial charge in [-0.05, 0) is 51.4 Å². The summed E-state index contributed by atoms with van der Waals surface area (Å²) in [5.41, 5.74) is 2.69. The molecule has 20 heavy (non-hydrogen) atoms. The molecule has 1 aromatic rings. The standard InChI is InChI=1S/C17H26N2O/c1-13-5-6-17-15(9-13)10-16(20-17)12-18-11-14(2)19-7-3-4-8-19/h5-6,9,14,16,18H,3-4,7-8,10-12H2,1-2H3. The van der Waals surface area contributed by atoms with Crippen molar-refractivity contribution in [1.82, 2.24) is 10.2 Å². The summed E-state index contributed by atoms with van der Waals surface area (Å²) in [4.78, 5) is 2.58. The Kier molecular flexibility index (Phi) is 4.27. The maximum absolute atomic E-state index is 5.99. The van der Waals surface area contributed by atoms with Gasteiger partial charge in [0.2, 0.25) is 0 Å². The Labute approximate surface area is 122 Å². The Morgan fingerprint density at radius 2 is 2.15 bits per heavy atom. The third kappa shape index (κ3) is 3.15. The van der Waals surface area contributed by atoms with Gasteiger partial charge in [-0.3, -0.25) is 4.90 Å². The molecule has 1 fully saturated rings. The van der Waals surface area contributed by atoms with Crippen molar-refractivity contribution >= 4 is 0 Å². The topological polar surface area (TPSA) is 24.5 Å². The van der Waals surface area contributed by atoms with Crippen LogP contribution in [0.15, 0.2) is 18.2 Å². The molecule has 0 radical (unpaired) electrons. The van der Waals surface area contributed by atoms with Gasteiger partial charge in [-0.15, -0.1) is 0 Å². The summed E-state index contributed by atoms with van der Waals surface area (Å²) in [6.45, 7) is 9.03. The molecule has 0 amide bonds. The van der Waals surface area contributed by atoms with E-state index in [0.29, 0.717) is 12.1 Å². The lowest BCUT2D eigenvalue weighted by Gasteiger charge is -2.24. The lowest BCUT2D eigenvalue weighted by molar-refractivity contribution is 0.210. The smallest absolute Gasteiger partial charge is 0.123 e. The van der Waals surface area contributed by atoms with E-state index < -0.39 is 0 Å². The molecule has 0 bridgehead atoms. The molecule has 3 heteroatoms. The van der Waals surface area contributed by atoms with Crippen LogP contribution < -0.4 is 10.1 Å². The number of hydrogen-bond acceptors (Lipinski definition) is 3. The number of fused-ring (bicyclic) bond motifs is 1. The zero-order valence-corrected chi connectivity index (χ0v) is 12.7. The third-order valence-corrected chi connectivity index (χ3v) is 4.53. The second kappa shape index (κ2) is 6.15. The molecule has 0 saturated carbocycles. The first-order valence-electron chi connectivity index (χ1n) is 7.93. The summed E-state index contributed by atoms with van der Waals surface area (Å²) >= 11 is 0. The van der Waals surface area contributed by atoms with Crippen molar-refractivity contribution in [2.75, 3.05) is 26.2 Å². The molecule has 1 N–H and O–H groups in total. The zero-order chi connectivity index (χ0) is 13.9. The fourth-order valence-electron chi connectivity index (χ4n) is 3.33. The first-order valence-corrected chi connectivity index (χ1v) is 7.93. The SMILES string of the molecule is Cc1ccc2c(c1)CC(CNCC(C)N1CCCC1)O2. The quantitative estimate of drug-likeness (QED) is 0.892. The maximum atomic E-state index is 5.99. The van der Waals surface area contributed by atoms with Crippen LogP contribution in [0.1, 0.15) is 30.9 Å². The fraction of sp³-hybridized carbons (Fsp3) is 0.647. The van der Waals surface area contributed by atoms with Crippen LogP contribution in [0.3, 0.4) is 0 Å². The van der Waals surface area contributed by atoms with Crippen LogP contribution in [-0.4, -0.2) is 43.2 Å². The number of aryl methyl sites for hydroxylation is 1. The van der Waals surface area contributed by atoms with Gasteiger partial charge >= 0.3 is 0 Å². The molecular weight excluding hydrogens is 248 g/mol. The van der Waals surface area contributed by atoms with Crippen molar-refractivity contribution in [3.05, 3.63) is 29.3 Å². The van der Waals surface area contributed by atoms with E-state index in [1.807, 2.05) is 0 Å². The molecule has 3 nitrogen and oxygen atoms in total. The van der Waals surface area contributed by atoms with Gasteiger partial charge in [0, 0.05) is 25.6 Å². The number of benzene rings is 1. The van der Waals surface area contributed by atoms with E-state index in [4.69, 9.17) is 4.74 Å². The van der Waals surface area contributed by atoms with Crippen molar-refractivity contribution < 1.29 is 4.74 Å². The Morgan fingerprint density at radius 3 is 2.95 bits per heavy atom. The zero-order valence-electron chi connectivity index (χ0n) is 12.7. The van der Waals surface area contributed by atoms with Gasteiger partial charge in [0.05, 0.1) is 0 Å². The minimum atomic E-state index is 0.303. The summed E-state index contributed by atoms with van der Waals surface area (Å²) in [6, 6.07) is 7.13. The van der Waals surface area contributed by atoms with E-state index in [-0.39, 0.29) is 0 Å². The van der Waals surface area contributed by atoms with E-state index >= 15 is 0 Å². The number of ether oxygens (including phenoxy) is 1. The van der Waals surface area contributed by atoms with Crippen molar-refractivity contribution in [2.24, 2.45) is 0 Å². The molecule has 2 heterocycles. The lowest BCUT2D eigenvalue weighted by atomic mass is 10.1. The Hall–Kier alpha value is -1.06. The van der Waals surface area contributed by atoms with Crippen LogP contribution in [0.2, 0.25) is 0 Å². The van der Waals surface area contributed by atoms with E-state index in [1.165, 1.54) is 37.1 Å². The first kappa shape index (κ1) is 13.9. The van der Waals surface area contributed by atoms with Gasteiger partial charge < -0.3 is 10.1 Å². The highest BCUT2D eigenvalue weighted by atomic mass is 16.5. The number of nitrogens with zero attached hydrogens (tertiary/aromatic N) is 1. The average molecular weight is 274 g/mol. The predicted octanol–water partition coefficient (Wildman–Crippen LogP) is 2.37. The fourth-order valence-corrected chi connectivity index (χ4v) is 3.33. The molecule has 110 valence electrons. The molecule has 0 aromatic heterocycles. The number of nitrogens with one attached hydrogen (secondary N) is 1. The monoisotopic (exact) mass is 274 g/mol. The van der Waals surface area contributed by atoms with Crippen LogP contribution in [-0.2, 0) is 6.42 Å². The van der Waals surface area contributed by atoms with Crippen LogP contribution in [0.4, 0.5) is 0 Å². The van der Waals surface area contributed by atoms with Gasteiger partial charge in [0.1, 0.15) is 11.9 Å². The average Bonchev–Trinajstić information content (AvgIpc) is 3.06. The summed E-state index contributed by atoms with van der Waals surface area (Å²) in [6.07, 6.45) is 4.08. The van der Waals surface area contributed by atoms with E-state index in [2.05, 4.69) is 42.3 Å². The first-order chi connectivity index (χ1) is 9.72. The van der Waals surface area contributed by atoms with Gasteiger partial charge in [-0.2, -0.15) is 0 Å². The second-order valence-electron chi connectivity index (χ2n) is 6.31. The van der Waals surface area contributed by atoms with E-state index in [1.54, 1.807) is 0 Å². The number of hydrogen-bond donors (Lipinski definition) is 1. The Morgan fingerprint density at radius 1 is 1.35 bits per heavy atom. The van der Waals surface area contributed by atoms with Crippen molar-refractivity contribution in [3.8, 4) is 5.75 Å². The summed E-state index contributed by atoms with van der Waals surface area (Å²) in [7, 11) is 0. The minimum absolute atomic E-state index is 0.303. The molecule has 1 saturated heterocycles. The highest BCUT2D eigenvalue weighted by molar-refractivity contribution is 5.40. The Balaban J connectivity index is 1.42. The Bertz CT molecular complexity index is 454. The molecule has 0 spiro atoms. The van der Waals surface area contributed by atoms with Crippen molar-refractivity contribution in [1.29, 1.82) is 0 Å². The highest BCUT2D eigenvalue weighted by Crippen LogP contribution is 2.29. The molecule has 0 aliphatic carbocycles. The lowest BCUT2D eigenvalue weighted by Crippen LogP contribution is -2.41. The van der Waals surface area contributed by atoms with Crippen LogP contribution in [0.5, 0.6) is 5.75 Å². The summed E-state index contributed by atoms with van der Waals surface area (Å²) in [5.74, 6) is 1.08. The van der Waals surface area contributed by atoms with Crippen LogP contribution in [0, 0.1) is 6.92 Å². The molecule has 2 aliphatic heterocycles. The maximum Gasteiger partial charge on any atom is 0.123 e.